The summed E-state index contributed by atoms with van der Waals surface area (Å²) in [4.78, 5) is 6.86. The van der Waals surface area contributed by atoms with Crippen LogP contribution >= 0.6 is 0 Å². The molecule has 2 aromatic heterocycles. The molecule has 1 fully saturated rings. The maximum Gasteiger partial charge on any atom is 0.138 e. The number of aromatic nitrogens is 2. The highest BCUT2D eigenvalue weighted by atomic mass is 16.5. The van der Waals surface area contributed by atoms with Crippen LogP contribution in [0.5, 0.6) is 0 Å². The molecule has 1 aliphatic rings. The number of nitrogens with zero attached hydrogens (tertiary/aromatic N) is 3. The Kier molecular flexibility index (Phi) is 4.72. The van der Waals surface area contributed by atoms with Gasteiger partial charge in [0.2, 0.25) is 0 Å². The monoisotopic (exact) mass is 288 g/mol. The minimum absolute atomic E-state index is 0.703. The lowest BCUT2D eigenvalue weighted by atomic mass is 9.98. The second-order valence-corrected chi connectivity index (χ2v) is 5.69. The molecular formula is C16H24N4O. The van der Waals surface area contributed by atoms with Gasteiger partial charge in [-0.1, -0.05) is 6.07 Å². The molecule has 3 rings (SSSR count). The lowest BCUT2D eigenvalue weighted by Gasteiger charge is -2.34. The predicted molar refractivity (Wildman–Crippen MR) is 84.9 cm³/mol. The lowest BCUT2D eigenvalue weighted by molar-refractivity contribution is 0.197. The maximum absolute atomic E-state index is 5.08. The average Bonchev–Trinajstić information content (AvgIpc) is 3.00. The molecule has 0 aromatic carbocycles. The number of imidazole rings is 1. The van der Waals surface area contributed by atoms with Crippen LogP contribution in [-0.4, -0.2) is 49.3 Å². The zero-order valence-corrected chi connectivity index (χ0v) is 12.7. The zero-order chi connectivity index (χ0) is 14.5. The van der Waals surface area contributed by atoms with Crippen molar-refractivity contribution >= 4 is 11.5 Å². The largest absolute Gasteiger partial charge is 0.383 e. The van der Waals surface area contributed by atoms with Gasteiger partial charge in [0.25, 0.3) is 0 Å². The lowest BCUT2D eigenvalue weighted by Crippen LogP contribution is -2.40. The van der Waals surface area contributed by atoms with Gasteiger partial charge in [-0.2, -0.15) is 0 Å². The number of rotatable bonds is 6. The molecule has 5 nitrogen and oxygen atoms in total. The van der Waals surface area contributed by atoms with E-state index in [1.165, 1.54) is 18.7 Å². The molecule has 1 N–H and O–H groups in total. The molecule has 0 saturated carbocycles. The van der Waals surface area contributed by atoms with Crippen LogP contribution in [0.4, 0.5) is 5.82 Å². The molecule has 1 atom stereocenters. The van der Waals surface area contributed by atoms with Crippen LogP contribution in [0.3, 0.4) is 0 Å². The van der Waals surface area contributed by atoms with E-state index in [-0.39, 0.29) is 0 Å². The van der Waals surface area contributed by atoms with Crippen molar-refractivity contribution < 1.29 is 4.74 Å². The summed E-state index contributed by atoms with van der Waals surface area (Å²) in [5.41, 5.74) is 1.02. The Morgan fingerprint density at radius 2 is 2.38 bits per heavy atom. The zero-order valence-electron chi connectivity index (χ0n) is 12.7. The van der Waals surface area contributed by atoms with Crippen molar-refractivity contribution in [1.82, 2.24) is 14.7 Å². The summed E-state index contributed by atoms with van der Waals surface area (Å²) in [6, 6.07) is 6.34. The normalized spacial score (nSPS) is 19.3. The topological polar surface area (TPSA) is 41.8 Å². The summed E-state index contributed by atoms with van der Waals surface area (Å²) in [5.74, 6) is 1.96. The molecule has 1 saturated heterocycles. The highest BCUT2D eigenvalue weighted by Crippen LogP contribution is 2.23. The highest BCUT2D eigenvalue weighted by molar-refractivity contribution is 5.51. The number of methoxy groups -OCH3 is 1. The van der Waals surface area contributed by atoms with Gasteiger partial charge in [0.05, 0.1) is 6.61 Å². The quantitative estimate of drug-likeness (QED) is 0.823. The van der Waals surface area contributed by atoms with Crippen molar-refractivity contribution in [2.75, 3.05) is 44.8 Å². The number of hydrogen-bond donors (Lipinski definition) is 1. The summed E-state index contributed by atoms with van der Waals surface area (Å²) < 4.78 is 7.26. The first-order chi connectivity index (χ1) is 10.4. The molecular weight excluding hydrogens is 264 g/mol. The molecule has 0 bridgehead atoms. The number of pyridine rings is 1. The van der Waals surface area contributed by atoms with Gasteiger partial charge in [-0.3, -0.25) is 4.40 Å². The van der Waals surface area contributed by atoms with Gasteiger partial charge in [-0.15, -0.1) is 0 Å². The van der Waals surface area contributed by atoms with Gasteiger partial charge in [0.15, 0.2) is 0 Å². The number of fused-ring (bicyclic) bond motifs is 1. The third-order valence-corrected chi connectivity index (χ3v) is 4.17. The van der Waals surface area contributed by atoms with Crippen molar-refractivity contribution in [3.05, 3.63) is 30.6 Å². The Morgan fingerprint density at radius 1 is 1.43 bits per heavy atom. The van der Waals surface area contributed by atoms with Crippen molar-refractivity contribution in [3.8, 4) is 0 Å². The Morgan fingerprint density at radius 3 is 3.29 bits per heavy atom. The van der Waals surface area contributed by atoms with Crippen LogP contribution in [0.2, 0.25) is 0 Å². The fourth-order valence-electron chi connectivity index (χ4n) is 3.11. The number of nitrogens with one attached hydrogen (secondary N) is 1. The van der Waals surface area contributed by atoms with Gasteiger partial charge >= 0.3 is 0 Å². The molecule has 1 aliphatic heterocycles. The minimum atomic E-state index is 0.703. The van der Waals surface area contributed by atoms with Crippen LogP contribution in [-0.2, 0) is 4.74 Å². The van der Waals surface area contributed by atoms with E-state index in [2.05, 4.69) is 37.8 Å². The van der Waals surface area contributed by atoms with Crippen LogP contribution in [0.25, 0.3) is 5.65 Å². The summed E-state index contributed by atoms with van der Waals surface area (Å²) in [6.07, 6.45) is 6.47. The van der Waals surface area contributed by atoms with E-state index in [0.29, 0.717) is 5.92 Å². The summed E-state index contributed by atoms with van der Waals surface area (Å²) in [6.45, 7) is 5.03. The molecule has 2 aromatic rings. The molecule has 21 heavy (non-hydrogen) atoms. The molecule has 5 heteroatoms. The van der Waals surface area contributed by atoms with Crippen LogP contribution in [0.1, 0.15) is 12.8 Å². The van der Waals surface area contributed by atoms with Gasteiger partial charge in [0.1, 0.15) is 11.5 Å². The first-order valence-corrected chi connectivity index (χ1v) is 7.75. The van der Waals surface area contributed by atoms with E-state index >= 15 is 0 Å². The first-order valence-electron chi connectivity index (χ1n) is 7.75. The number of ether oxygens (including phenoxy) is 1. The molecule has 114 valence electrons. The molecule has 3 heterocycles. The fourth-order valence-corrected chi connectivity index (χ4v) is 3.11. The molecule has 0 amide bonds. The number of hydrogen-bond acceptors (Lipinski definition) is 4. The Bertz CT molecular complexity index is 568. The average molecular weight is 288 g/mol. The fraction of sp³-hybridized carbons (Fsp3) is 0.562. The Hall–Kier alpha value is -1.59. The predicted octanol–water partition coefficient (Wildman–Crippen LogP) is 1.79. The van der Waals surface area contributed by atoms with E-state index in [4.69, 9.17) is 4.74 Å². The number of piperidine rings is 1. The first kappa shape index (κ1) is 14.4. The molecule has 1 unspecified atom stereocenters. The number of anilines is 1. The van der Waals surface area contributed by atoms with Crippen molar-refractivity contribution in [1.29, 1.82) is 0 Å². The smallest absolute Gasteiger partial charge is 0.138 e. The van der Waals surface area contributed by atoms with Gasteiger partial charge in [-0.05, 0) is 37.4 Å². The second kappa shape index (κ2) is 6.91. The van der Waals surface area contributed by atoms with E-state index in [0.717, 1.165) is 38.4 Å². The third-order valence-electron chi connectivity index (χ3n) is 4.17. The molecule has 0 aliphatic carbocycles. The van der Waals surface area contributed by atoms with E-state index < -0.39 is 0 Å². The van der Waals surface area contributed by atoms with Crippen LogP contribution in [0.15, 0.2) is 30.6 Å². The molecule has 0 radical (unpaired) electrons. The highest BCUT2D eigenvalue weighted by Gasteiger charge is 2.21. The summed E-state index contributed by atoms with van der Waals surface area (Å²) in [7, 11) is 1.75. The summed E-state index contributed by atoms with van der Waals surface area (Å²) >= 11 is 0. The second-order valence-electron chi connectivity index (χ2n) is 5.69. The van der Waals surface area contributed by atoms with E-state index in [1.807, 2.05) is 12.4 Å². The van der Waals surface area contributed by atoms with E-state index in [1.54, 1.807) is 7.11 Å². The van der Waals surface area contributed by atoms with Crippen molar-refractivity contribution in [2.24, 2.45) is 5.92 Å². The van der Waals surface area contributed by atoms with Crippen LogP contribution in [0, 0.1) is 5.92 Å². The van der Waals surface area contributed by atoms with Crippen molar-refractivity contribution in [3.63, 3.8) is 0 Å². The minimum Gasteiger partial charge on any atom is -0.383 e. The SMILES string of the molecule is COCCNCC1CCCN(c2cccc3nccn23)C1. The Balaban J connectivity index is 1.64. The van der Waals surface area contributed by atoms with Gasteiger partial charge in [-0.25, -0.2) is 4.98 Å². The third kappa shape index (κ3) is 3.36. The van der Waals surface area contributed by atoms with Gasteiger partial charge in [0, 0.05) is 39.1 Å². The summed E-state index contributed by atoms with van der Waals surface area (Å²) in [5, 5.41) is 3.49. The maximum atomic E-state index is 5.08. The molecule has 0 spiro atoms. The van der Waals surface area contributed by atoms with Crippen molar-refractivity contribution in [2.45, 2.75) is 12.8 Å². The van der Waals surface area contributed by atoms with Gasteiger partial charge < -0.3 is 15.0 Å². The Labute approximate surface area is 125 Å². The van der Waals surface area contributed by atoms with Crippen LogP contribution < -0.4 is 10.2 Å². The standard InChI is InChI=1S/C16H24N4O/c1-21-11-8-17-12-14-4-3-9-19(13-14)16-6-2-5-15-18-7-10-20(15)16/h2,5-7,10,14,17H,3-4,8-9,11-13H2,1H3. The van der Waals surface area contributed by atoms with E-state index in [9.17, 15) is 0 Å².